The van der Waals surface area contributed by atoms with Crippen molar-refractivity contribution in [1.82, 2.24) is 4.31 Å². The predicted octanol–water partition coefficient (Wildman–Crippen LogP) is 3.57. The quantitative estimate of drug-likeness (QED) is 0.564. The molecule has 0 fully saturated rings. The summed E-state index contributed by atoms with van der Waals surface area (Å²) < 4.78 is 38.0. The molecule has 0 heterocycles. The summed E-state index contributed by atoms with van der Waals surface area (Å²) in [4.78, 5) is 0. The van der Waals surface area contributed by atoms with Crippen LogP contribution in [0.3, 0.4) is 0 Å². The number of sulfonamides is 1. The zero-order valence-electron chi connectivity index (χ0n) is 17.1. The topological polar surface area (TPSA) is 76.1 Å². The minimum Gasteiger partial charge on any atom is -0.497 e. The average molecular weight is 420 g/mol. The van der Waals surface area contributed by atoms with Gasteiger partial charge in [-0.1, -0.05) is 37.3 Å². The molecule has 2 rings (SSSR count). The Morgan fingerprint density at radius 3 is 1.72 bits per heavy atom. The van der Waals surface area contributed by atoms with E-state index in [1.165, 1.54) is 4.31 Å². The smallest absolute Gasteiger partial charge is 0.241 e. The number of ether oxygens (including phenoxy) is 2. The van der Waals surface area contributed by atoms with E-state index in [4.69, 9.17) is 9.47 Å². The van der Waals surface area contributed by atoms with Crippen LogP contribution in [-0.4, -0.2) is 37.5 Å². The van der Waals surface area contributed by atoms with Crippen molar-refractivity contribution >= 4 is 10.0 Å². The highest BCUT2D eigenvalue weighted by atomic mass is 32.2. The summed E-state index contributed by atoms with van der Waals surface area (Å²) in [7, 11) is -0.819. The molecule has 0 radical (unpaired) electrons. The molecular formula is C22H29NO5S. The largest absolute Gasteiger partial charge is 0.497 e. The normalized spacial score (nSPS) is 13.7. The first-order valence-corrected chi connectivity index (χ1v) is 10.9. The minimum atomic E-state index is -3.97. The molecule has 2 atom stereocenters. The molecule has 0 saturated heterocycles. The van der Waals surface area contributed by atoms with E-state index in [0.29, 0.717) is 17.9 Å². The lowest BCUT2D eigenvalue weighted by atomic mass is 10.1. The van der Waals surface area contributed by atoms with Crippen molar-refractivity contribution in [3.63, 3.8) is 0 Å². The summed E-state index contributed by atoms with van der Waals surface area (Å²) >= 11 is 0. The molecule has 1 N–H and O–H groups in total. The van der Waals surface area contributed by atoms with Gasteiger partial charge in [-0.15, -0.1) is 6.58 Å². The van der Waals surface area contributed by atoms with E-state index in [1.54, 1.807) is 51.5 Å². The molecule has 0 spiro atoms. The predicted molar refractivity (Wildman–Crippen MR) is 114 cm³/mol. The SMILES string of the molecule is C=CC[C@H](C)[C@H](O)S(=O)(=O)N(Cc1ccc(OC)cc1)Cc1ccc(OC)cc1. The Morgan fingerprint density at radius 1 is 0.966 bits per heavy atom. The van der Waals surface area contributed by atoms with Crippen molar-refractivity contribution in [3.05, 3.63) is 72.3 Å². The van der Waals surface area contributed by atoms with Crippen LogP contribution < -0.4 is 9.47 Å². The Bertz CT molecular complexity index is 829. The van der Waals surface area contributed by atoms with Gasteiger partial charge in [0.1, 0.15) is 11.5 Å². The van der Waals surface area contributed by atoms with Crippen molar-refractivity contribution in [2.24, 2.45) is 5.92 Å². The van der Waals surface area contributed by atoms with Crippen LogP contribution in [0.25, 0.3) is 0 Å². The first kappa shape index (κ1) is 22.9. The number of aliphatic hydroxyl groups excluding tert-OH is 1. The third kappa shape index (κ3) is 6.06. The van der Waals surface area contributed by atoms with E-state index < -0.39 is 21.4 Å². The first-order valence-electron chi connectivity index (χ1n) is 9.35. The van der Waals surface area contributed by atoms with Crippen LogP contribution in [0.15, 0.2) is 61.2 Å². The Kier molecular flexibility index (Phi) is 8.25. The number of methoxy groups -OCH3 is 2. The number of benzene rings is 2. The van der Waals surface area contributed by atoms with Crippen molar-refractivity contribution in [2.45, 2.75) is 31.9 Å². The van der Waals surface area contributed by atoms with Gasteiger partial charge in [0.05, 0.1) is 14.2 Å². The molecule has 158 valence electrons. The number of hydrogen-bond donors (Lipinski definition) is 1. The highest BCUT2D eigenvalue weighted by Gasteiger charge is 2.34. The van der Waals surface area contributed by atoms with Gasteiger partial charge < -0.3 is 14.6 Å². The summed E-state index contributed by atoms with van der Waals surface area (Å²) in [6.07, 6.45) is 2.01. The van der Waals surface area contributed by atoms with Gasteiger partial charge in [0, 0.05) is 19.0 Å². The number of aliphatic hydroxyl groups is 1. The second-order valence-electron chi connectivity index (χ2n) is 6.90. The lowest BCUT2D eigenvalue weighted by Gasteiger charge is -2.28. The molecule has 0 aliphatic carbocycles. The highest BCUT2D eigenvalue weighted by Crippen LogP contribution is 2.24. The van der Waals surface area contributed by atoms with Crippen molar-refractivity contribution in [1.29, 1.82) is 0 Å². The van der Waals surface area contributed by atoms with E-state index in [1.807, 2.05) is 24.3 Å². The monoisotopic (exact) mass is 419 g/mol. The van der Waals surface area contributed by atoms with E-state index in [9.17, 15) is 13.5 Å². The standard InChI is InChI=1S/C22H29NO5S/c1-5-6-17(2)22(24)29(25,26)23(15-18-7-11-20(27-3)12-8-18)16-19-9-13-21(28-4)14-10-19/h5,7-14,17,22,24H,1,6,15-16H2,2-4H3/t17-,22+/m0/s1. The van der Waals surface area contributed by atoms with Crippen LogP contribution >= 0.6 is 0 Å². The van der Waals surface area contributed by atoms with E-state index in [0.717, 1.165) is 11.1 Å². The molecular weight excluding hydrogens is 390 g/mol. The van der Waals surface area contributed by atoms with Gasteiger partial charge in [0.2, 0.25) is 10.0 Å². The Balaban J connectivity index is 2.32. The first-order chi connectivity index (χ1) is 13.8. The molecule has 0 saturated carbocycles. The second kappa shape index (κ2) is 10.4. The van der Waals surface area contributed by atoms with Crippen LogP contribution in [0, 0.1) is 5.92 Å². The van der Waals surface area contributed by atoms with E-state index in [-0.39, 0.29) is 13.1 Å². The van der Waals surface area contributed by atoms with Crippen LogP contribution in [0.4, 0.5) is 0 Å². The molecule has 0 amide bonds. The summed E-state index contributed by atoms with van der Waals surface area (Å²) in [5.74, 6) is 0.919. The Morgan fingerprint density at radius 2 is 1.38 bits per heavy atom. The van der Waals surface area contributed by atoms with Gasteiger partial charge in [-0.3, -0.25) is 0 Å². The van der Waals surface area contributed by atoms with Crippen LogP contribution in [0.1, 0.15) is 24.5 Å². The fraction of sp³-hybridized carbons (Fsp3) is 0.364. The summed E-state index contributed by atoms with van der Waals surface area (Å²) in [5.41, 5.74) is 0.0786. The third-order valence-corrected chi connectivity index (χ3v) is 6.78. The molecule has 0 aliphatic heterocycles. The molecule has 0 bridgehead atoms. The van der Waals surface area contributed by atoms with Gasteiger partial charge in [-0.05, 0) is 41.8 Å². The lowest BCUT2D eigenvalue weighted by Crippen LogP contribution is -2.41. The molecule has 6 nitrogen and oxygen atoms in total. The number of rotatable bonds is 11. The molecule has 2 aromatic rings. The fourth-order valence-electron chi connectivity index (χ4n) is 2.93. The lowest BCUT2D eigenvalue weighted by molar-refractivity contribution is 0.178. The van der Waals surface area contributed by atoms with Crippen molar-refractivity contribution < 1.29 is 23.0 Å². The van der Waals surface area contributed by atoms with Gasteiger partial charge in [0.15, 0.2) is 5.44 Å². The third-order valence-electron chi connectivity index (χ3n) is 4.73. The van der Waals surface area contributed by atoms with E-state index >= 15 is 0 Å². The summed E-state index contributed by atoms with van der Waals surface area (Å²) in [6, 6.07) is 14.4. The van der Waals surface area contributed by atoms with E-state index in [2.05, 4.69) is 6.58 Å². The maximum Gasteiger partial charge on any atom is 0.241 e. The number of hydrogen-bond acceptors (Lipinski definition) is 5. The molecule has 7 heteroatoms. The maximum absolute atomic E-state index is 13.2. The summed E-state index contributed by atoms with van der Waals surface area (Å²) in [6.45, 7) is 5.60. The van der Waals surface area contributed by atoms with Crippen molar-refractivity contribution in [3.8, 4) is 11.5 Å². The van der Waals surface area contributed by atoms with Crippen LogP contribution in [0.2, 0.25) is 0 Å². The fourth-order valence-corrected chi connectivity index (χ4v) is 4.59. The molecule has 2 aromatic carbocycles. The second-order valence-corrected chi connectivity index (χ2v) is 8.93. The molecule has 29 heavy (non-hydrogen) atoms. The van der Waals surface area contributed by atoms with Gasteiger partial charge in [0.25, 0.3) is 0 Å². The van der Waals surface area contributed by atoms with Gasteiger partial charge >= 0.3 is 0 Å². The molecule has 0 aliphatic rings. The number of nitrogens with zero attached hydrogens (tertiary/aromatic N) is 1. The Hall–Kier alpha value is -2.35. The zero-order chi connectivity index (χ0) is 21.4. The maximum atomic E-state index is 13.2. The zero-order valence-corrected chi connectivity index (χ0v) is 17.9. The average Bonchev–Trinajstić information content (AvgIpc) is 2.73. The Labute approximate surface area is 173 Å². The van der Waals surface area contributed by atoms with Crippen molar-refractivity contribution in [2.75, 3.05) is 14.2 Å². The molecule has 0 aromatic heterocycles. The molecule has 0 unspecified atom stereocenters. The highest BCUT2D eigenvalue weighted by molar-refractivity contribution is 7.89. The van der Waals surface area contributed by atoms with Gasteiger partial charge in [-0.2, -0.15) is 4.31 Å². The van der Waals surface area contributed by atoms with Crippen LogP contribution in [-0.2, 0) is 23.1 Å². The minimum absolute atomic E-state index is 0.135. The van der Waals surface area contributed by atoms with Crippen LogP contribution in [0.5, 0.6) is 11.5 Å². The summed E-state index contributed by atoms with van der Waals surface area (Å²) in [5, 5.41) is 10.5. The number of allylic oxidation sites excluding steroid dienone is 1. The van der Waals surface area contributed by atoms with Gasteiger partial charge in [-0.25, -0.2) is 8.42 Å².